The highest BCUT2D eigenvalue weighted by atomic mass is 35.5. The lowest BCUT2D eigenvalue weighted by molar-refractivity contribution is -0.117. The maximum Gasteiger partial charge on any atom is 0.242 e. The van der Waals surface area contributed by atoms with Crippen LogP contribution in [0.1, 0.15) is 0 Å². The fourth-order valence-electron chi connectivity index (χ4n) is 1.59. The Balaban J connectivity index is 2.01. The number of halogens is 2. The van der Waals surface area contributed by atoms with Crippen LogP contribution in [0, 0.1) is 5.82 Å². The molecule has 0 radical (unpaired) electrons. The number of carbonyl (C=O) groups is 1. The van der Waals surface area contributed by atoms with Gasteiger partial charge in [0.2, 0.25) is 5.91 Å². The second kappa shape index (κ2) is 5.71. The van der Waals surface area contributed by atoms with E-state index in [9.17, 15) is 9.18 Å². The van der Waals surface area contributed by atoms with Crippen molar-refractivity contribution in [3.63, 3.8) is 0 Å². The molecule has 0 spiro atoms. The van der Waals surface area contributed by atoms with E-state index >= 15 is 0 Å². The predicted molar refractivity (Wildman–Crippen MR) is 69.2 cm³/mol. The highest BCUT2D eigenvalue weighted by Gasteiger charge is 2.20. The summed E-state index contributed by atoms with van der Waals surface area (Å²) in [5, 5.41) is 6.03. The molecule has 1 aromatic rings. The third-order valence-electron chi connectivity index (χ3n) is 2.37. The van der Waals surface area contributed by atoms with Crippen molar-refractivity contribution in [2.24, 2.45) is 0 Å². The molecule has 1 amide bonds. The smallest absolute Gasteiger partial charge is 0.242 e. The summed E-state index contributed by atoms with van der Waals surface area (Å²) < 4.78 is 13.1. The topological polar surface area (TPSA) is 41.1 Å². The first-order valence-electron chi connectivity index (χ1n) is 5.23. The molecule has 1 unspecified atom stereocenters. The van der Waals surface area contributed by atoms with Crippen LogP contribution >= 0.6 is 23.4 Å². The molecule has 2 rings (SSSR count). The van der Waals surface area contributed by atoms with Gasteiger partial charge in [-0.2, -0.15) is 11.8 Å². The Bertz CT molecular complexity index is 404. The van der Waals surface area contributed by atoms with E-state index in [2.05, 4.69) is 10.6 Å². The number of benzene rings is 1. The molecule has 0 aliphatic carbocycles. The Morgan fingerprint density at radius 2 is 2.35 bits per heavy atom. The number of hydrogen-bond acceptors (Lipinski definition) is 3. The van der Waals surface area contributed by atoms with Crippen molar-refractivity contribution in [2.75, 3.05) is 23.4 Å². The van der Waals surface area contributed by atoms with Crippen molar-refractivity contribution >= 4 is 35.0 Å². The lowest BCUT2D eigenvalue weighted by Crippen LogP contribution is -2.46. The summed E-state index contributed by atoms with van der Waals surface area (Å²) in [7, 11) is 0. The molecule has 1 fully saturated rings. The Morgan fingerprint density at radius 1 is 1.53 bits per heavy atom. The van der Waals surface area contributed by atoms with Gasteiger partial charge >= 0.3 is 0 Å². The van der Waals surface area contributed by atoms with Crippen LogP contribution in [0.15, 0.2) is 18.2 Å². The molecule has 0 saturated carbocycles. The van der Waals surface area contributed by atoms with Crippen LogP contribution in [-0.2, 0) is 4.79 Å². The van der Waals surface area contributed by atoms with Gasteiger partial charge in [0.1, 0.15) is 5.82 Å². The van der Waals surface area contributed by atoms with Crippen molar-refractivity contribution in [3.05, 3.63) is 29.0 Å². The fraction of sp³-hybridized carbons (Fsp3) is 0.364. The number of hydrogen-bond donors (Lipinski definition) is 2. The number of anilines is 1. The Kier molecular flexibility index (Phi) is 4.25. The molecule has 17 heavy (non-hydrogen) atoms. The molecule has 0 bridgehead atoms. The van der Waals surface area contributed by atoms with Crippen LogP contribution < -0.4 is 10.6 Å². The first kappa shape index (κ1) is 12.7. The molecule has 92 valence electrons. The van der Waals surface area contributed by atoms with Crippen LogP contribution in [0.3, 0.4) is 0 Å². The Hall–Kier alpha value is -0.780. The van der Waals surface area contributed by atoms with Gasteiger partial charge in [0.25, 0.3) is 0 Å². The summed E-state index contributed by atoms with van der Waals surface area (Å²) >= 11 is 7.43. The quantitative estimate of drug-likeness (QED) is 0.868. The van der Waals surface area contributed by atoms with Gasteiger partial charge in [0.15, 0.2) is 0 Å². The van der Waals surface area contributed by atoms with E-state index in [4.69, 9.17) is 11.6 Å². The van der Waals surface area contributed by atoms with Gasteiger partial charge in [-0.3, -0.25) is 4.79 Å². The van der Waals surface area contributed by atoms with E-state index in [1.807, 2.05) is 0 Å². The molecular weight excluding hydrogens is 263 g/mol. The molecule has 3 nitrogen and oxygen atoms in total. The van der Waals surface area contributed by atoms with E-state index in [1.165, 1.54) is 18.2 Å². The number of thioether (sulfide) groups is 1. The van der Waals surface area contributed by atoms with Gasteiger partial charge in [-0.1, -0.05) is 11.6 Å². The SMILES string of the molecule is O=C(Nc1cc(F)cc(Cl)c1)C1CSCCN1. The van der Waals surface area contributed by atoms with Gasteiger partial charge in [-0.05, 0) is 18.2 Å². The number of amides is 1. The number of nitrogens with one attached hydrogen (secondary N) is 2. The molecule has 1 atom stereocenters. The minimum absolute atomic E-state index is 0.154. The van der Waals surface area contributed by atoms with Crippen LogP contribution in [0.2, 0.25) is 5.02 Å². The fourth-order valence-corrected chi connectivity index (χ4v) is 2.74. The first-order valence-corrected chi connectivity index (χ1v) is 6.76. The van der Waals surface area contributed by atoms with E-state index in [1.54, 1.807) is 11.8 Å². The Morgan fingerprint density at radius 3 is 3.00 bits per heavy atom. The summed E-state index contributed by atoms with van der Waals surface area (Å²) in [6, 6.07) is 3.75. The lowest BCUT2D eigenvalue weighted by atomic mass is 10.2. The third-order valence-corrected chi connectivity index (χ3v) is 3.65. The van der Waals surface area contributed by atoms with Gasteiger partial charge < -0.3 is 10.6 Å². The molecule has 0 aromatic heterocycles. The molecular formula is C11H12ClFN2OS. The monoisotopic (exact) mass is 274 g/mol. The molecule has 1 heterocycles. The molecule has 6 heteroatoms. The summed E-state index contributed by atoms with van der Waals surface area (Å²) in [6.07, 6.45) is 0. The normalized spacial score (nSPS) is 20.0. The summed E-state index contributed by atoms with van der Waals surface area (Å²) in [6.45, 7) is 0.812. The van der Waals surface area contributed by atoms with E-state index in [0.29, 0.717) is 5.69 Å². The molecule has 1 aliphatic heterocycles. The van der Waals surface area contributed by atoms with Crippen molar-refractivity contribution in [3.8, 4) is 0 Å². The van der Waals surface area contributed by atoms with Gasteiger partial charge in [-0.15, -0.1) is 0 Å². The zero-order valence-corrected chi connectivity index (χ0v) is 10.6. The molecule has 1 aromatic carbocycles. The third kappa shape index (κ3) is 3.59. The maximum absolute atomic E-state index is 13.1. The largest absolute Gasteiger partial charge is 0.325 e. The molecule has 1 saturated heterocycles. The van der Waals surface area contributed by atoms with Crippen molar-refractivity contribution < 1.29 is 9.18 Å². The van der Waals surface area contributed by atoms with E-state index in [0.717, 1.165) is 18.1 Å². The van der Waals surface area contributed by atoms with Crippen LogP contribution in [-0.4, -0.2) is 30.0 Å². The highest BCUT2D eigenvalue weighted by molar-refractivity contribution is 7.99. The van der Waals surface area contributed by atoms with E-state index in [-0.39, 0.29) is 17.0 Å². The van der Waals surface area contributed by atoms with Gasteiger partial charge in [-0.25, -0.2) is 4.39 Å². The van der Waals surface area contributed by atoms with Crippen LogP contribution in [0.25, 0.3) is 0 Å². The van der Waals surface area contributed by atoms with Crippen LogP contribution in [0.4, 0.5) is 10.1 Å². The minimum atomic E-state index is -0.459. The summed E-state index contributed by atoms with van der Waals surface area (Å²) in [5.41, 5.74) is 0.386. The average Bonchev–Trinajstić information content (AvgIpc) is 2.28. The van der Waals surface area contributed by atoms with Crippen molar-refractivity contribution in [2.45, 2.75) is 6.04 Å². The van der Waals surface area contributed by atoms with E-state index < -0.39 is 5.82 Å². The van der Waals surface area contributed by atoms with Crippen LogP contribution in [0.5, 0.6) is 0 Å². The minimum Gasteiger partial charge on any atom is -0.325 e. The Labute approximate surface area is 108 Å². The van der Waals surface area contributed by atoms with Crippen molar-refractivity contribution in [1.29, 1.82) is 0 Å². The first-order chi connectivity index (χ1) is 8.15. The lowest BCUT2D eigenvalue weighted by Gasteiger charge is -2.22. The summed E-state index contributed by atoms with van der Waals surface area (Å²) in [5.74, 6) is 1.13. The molecule has 1 aliphatic rings. The summed E-state index contributed by atoms with van der Waals surface area (Å²) in [4.78, 5) is 11.8. The standard InChI is InChI=1S/C11H12ClFN2OS/c12-7-3-8(13)5-9(4-7)15-11(16)10-6-17-2-1-14-10/h3-5,10,14H,1-2,6H2,(H,15,16). The van der Waals surface area contributed by atoms with Gasteiger partial charge in [0.05, 0.1) is 6.04 Å². The van der Waals surface area contributed by atoms with Crippen molar-refractivity contribution in [1.82, 2.24) is 5.32 Å². The second-order valence-electron chi connectivity index (χ2n) is 3.73. The highest BCUT2D eigenvalue weighted by Crippen LogP contribution is 2.18. The second-order valence-corrected chi connectivity index (χ2v) is 5.32. The number of carbonyl (C=O) groups excluding carboxylic acids is 1. The average molecular weight is 275 g/mol. The maximum atomic E-state index is 13.1. The molecule has 2 N–H and O–H groups in total. The zero-order valence-electron chi connectivity index (χ0n) is 9.00. The zero-order chi connectivity index (χ0) is 12.3. The van der Waals surface area contributed by atoms with Gasteiger partial charge in [0, 0.05) is 28.8 Å². The number of rotatable bonds is 2. The predicted octanol–water partition coefficient (Wildman–Crippen LogP) is 2.12.